The van der Waals surface area contributed by atoms with Gasteiger partial charge in [0.05, 0.1) is 44.5 Å². The van der Waals surface area contributed by atoms with Crippen molar-refractivity contribution < 1.29 is 111 Å². The van der Waals surface area contributed by atoms with Gasteiger partial charge in [0.15, 0.2) is 23.3 Å². The van der Waals surface area contributed by atoms with Gasteiger partial charge in [-0.1, -0.05) is 146 Å². The largest absolute Gasteiger partial charge is 0.568 e. The molecule has 106 heavy (non-hydrogen) atoms. The Balaban J connectivity index is 0.00000995. The van der Waals surface area contributed by atoms with E-state index < -0.39 is 245 Å². The third kappa shape index (κ3) is 12.7. The van der Waals surface area contributed by atoms with Crippen molar-refractivity contribution in [3.63, 3.8) is 0 Å². The molecule has 4 aliphatic rings. The first-order valence-corrected chi connectivity index (χ1v) is 31.3. The molecule has 2 aromatic heterocycles. The molecule has 1 radical (unpaired) electrons. The molecule has 0 spiro atoms. The number of fused-ring (bicyclic) bond motifs is 2. The summed E-state index contributed by atoms with van der Waals surface area (Å²) in [4.78, 5) is 27.3. The van der Waals surface area contributed by atoms with Crippen LogP contribution >= 0.6 is 0 Å². The predicted molar refractivity (Wildman–Crippen MR) is 342 cm³/mol. The van der Waals surface area contributed by atoms with E-state index in [4.69, 9.17) is 0 Å². The summed E-state index contributed by atoms with van der Waals surface area (Å²) in [5, 5.41) is 0. The molecule has 0 fully saturated rings. The molecule has 0 atom stereocenters. The maximum absolute atomic E-state index is 16.2. The van der Waals surface area contributed by atoms with Crippen molar-refractivity contribution in [1.29, 1.82) is 0 Å². The van der Waals surface area contributed by atoms with Crippen molar-refractivity contribution in [1.82, 2.24) is 7.10 Å². The van der Waals surface area contributed by atoms with Crippen LogP contribution < -0.4 is 11.0 Å². The number of amidine groups is 4. The molecule has 9 nitrogen and oxygen atoms in total. The highest BCUT2D eigenvalue weighted by molar-refractivity contribution is 6.52. The third-order valence-corrected chi connectivity index (χ3v) is 18.7. The van der Waals surface area contributed by atoms with E-state index in [0.29, 0.717) is 104 Å². The zero-order valence-electron chi connectivity index (χ0n) is 52.2. The molecule has 0 unspecified atom stereocenters. The van der Waals surface area contributed by atoms with Gasteiger partial charge in [-0.15, -0.1) is 0 Å². The SMILES string of the molecule is FC(F)(F)c1ccccc1C1=C(c2ccccc2C(F)(F)F)C2=Nc3c(-c4ccccc4C(F)(F)F)c(-c4ccccc4C(F)(F)F)c4[n]3[Al][n]3c(c(-c5ccccc5C(F)(F)F)c(-c5ccccc5C(F)(F)F)c3=NC3=NC(=N4)C(c4ccccc4C(F)(F)F)=C3c3ccccc3C(F)(F)F)=NC1=N2.O. The number of hydrogen-bond acceptors (Lipinski definition) is 6. The summed E-state index contributed by atoms with van der Waals surface area (Å²) in [6.07, 6.45) is -45.1. The lowest BCUT2D eigenvalue weighted by Crippen LogP contribution is -2.37. The zero-order chi connectivity index (χ0) is 75.2. The smallest absolute Gasteiger partial charge is 0.412 e. The summed E-state index contributed by atoms with van der Waals surface area (Å²) in [5.41, 5.74) is -36.8. The summed E-state index contributed by atoms with van der Waals surface area (Å²) in [7, 11) is 0. The van der Waals surface area contributed by atoms with E-state index in [0.717, 1.165) is 97.1 Å². The van der Waals surface area contributed by atoms with Crippen molar-refractivity contribution in [2.75, 3.05) is 0 Å². The van der Waals surface area contributed by atoms with Crippen LogP contribution in [0, 0.1) is 0 Å². The molecule has 539 valence electrons. The third-order valence-electron chi connectivity index (χ3n) is 17.2. The Kier molecular flexibility index (Phi) is 17.7. The van der Waals surface area contributed by atoms with Gasteiger partial charge in [-0.2, -0.15) is 105 Å². The van der Waals surface area contributed by atoms with Crippen LogP contribution in [0.2, 0.25) is 0 Å². The van der Waals surface area contributed by atoms with Crippen LogP contribution in [-0.2, 0) is 49.4 Å². The number of alkyl halides is 24. The first kappa shape index (κ1) is 73.2. The number of halogens is 24. The van der Waals surface area contributed by atoms with Gasteiger partial charge in [-0.3, -0.25) is 0 Å². The van der Waals surface area contributed by atoms with Crippen LogP contribution in [0.3, 0.4) is 0 Å². The highest BCUT2D eigenvalue weighted by atomic mass is 27.1. The fourth-order valence-electron chi connectivity index (χ4n) is 13.1. The monoisotopic (exact) mass is 1510 g/mol. The van der Waals surface area contributed by atoms with Crippen molar-refractivity contribution in [3.8, 4) is 44.5 Å². The Morgan fingerprint density at radius 3 is 0.604 bits per heavy atom. The van der Waals surface area contributed by atoms with Gasteiger partial charge in [0.25, 0.3) is 0 Å². The normalized spacial score (nSPS) is 14.9. The summed E-state index contributed by atoms with van der Waals surface area (Å²) < 4.78 is 387. The van der Waals surface area contributed by atoms with E-state index in [1.54, 1.807) is 0 Å². The number of benzene rings is 8. The maximum Gasteiger partial charge on any atom is 0.568 e. The molecular weight excluding hydrogens is 1480 g/mol. The Bertz CT molecular complexity index is 5310. The van der Waals surface area contributed by atoms with Crippen molar-refractivity contribution >= 4 is 72.9 Å². The molecule has 6 heterocycles. The molecule has 34 heteroatoms. The quantitative estimate of drug-likeness (QED) is 0.106. The van der Waals surface area contributed by atoms with Gasteiger partial charge in [0.1, 0.15) is 22.6 Å². The van der Waals surface area contributed by atoms with Crippen LogP contribution in [0.25, 0.3) is 66.8 Å². The fraction of sp³-hybridized carbons (Fsp3) is 0.111. The zero-order valence-corrected chi connectivity index (χ0v) is 53.4. The summed E-state index contributed by atoms with van der Waals surface area (Å²) in [6, 6.07) is 21.4. The summed E-state index contributed by atoms with van der Waals surface area (Å²) >= 11 is -3.06. The van der Waals surface area contributed by atoms with E-state index in [-0.39, 0.29) is 5.48 Å². The van der Waals surface area contributed by atoms with Crippen LogP contribution in [0.5, 0.6) is 0 Å². The van der Waals surface area contributed by atoms with Crippen LogP contribution in [-0.4, -0.2) is 51.6 Å². The molecule has 0 amide bonds. The van der Waals surface area contributed by atoms with Gasteiger partial charge in [0, 0.05) is 44.5 Å². The first-order valence-electron chi connectivity index (χ1n) is 30.2. The maximum atomic E-state index is 16.2. The van der Waals surface area contributed by atoms with Gasteiger partial charge in [0.2, 0.25) is 0 Å². The van der Waals surface area contributed by atoms with E-state index in [1.165, 1.54) is 0 Å². The number of nitrogens with zero attached hydrogens (tertiary/aromatic N) is 8. The lowest BCUT2D eigenvalue weighted by atomic mass is 9.89. The van der Waals surface area contributed by atoms with Crippen LogP contribution in [0.4, 0.5) is 117 Å². The minimum atomic E-state index is -5.68. The molecule has 14 rings (SSSR count). The van der Waals surface area contributed by atoms with Gasteiger partial charge >= 0.3 is 65.1 Å². The second-order valence-electron chi connectivity index (χ2n) is 23.5. The number of aromatic nitrogens is 2. The van der Waals surface area contributed by atoms with Crippen LogP contribution in [0.15, 0.2) is 224 Å². The second-order valence-corrected chi connectivity index (χ2v) is 24.7. The fourth-order valence-corrected chi connectivity index (χ4v) is 14.5. The molecule has 0 saturated carbocycles. The van der Waals surface area contributed by atoms with Gasteiger partial charge < -0.3 is 12.6 Å². The highest BCUT2D eigenvalue weighted by Crippen LogP contribution is 2.57. The van der Waals surface area contributed by atoms with E-state index in [2.05, 4.69) is 30.0 Å². The van der Waals surface area contributed by atoms with E-state index in [1.807, 2.05) is 0 Å². The Hall–Kier alpha value is -11.1. The molecule has 8 aromatic carbocycles. The lowest BCUT2D eigenvalue weighted by Gasteiger charge is -2.19. The molecule has 0 saturated heterocycles. The topological polar surface area (TPSA) is 116 Å². The van der Waals surface area contributed by atoms with Crippen molar-refractivity contribution in [2.24, 2.45) is 30.0 Å². The number of aliphatic imine (C=N–C) groups is 4. The van der Waals surface area contributed by atoms with E-state index >= 15 is 105 Å². The van der Waals surface area contributed by atoms with Crippen molar-refractivity contribution in [3.05, 3.63) is 272 Å². The minimum Gasteiger partial charge on any atom is -0.412 e. The summed E-state index contributed by atoms with van der Waals surface area (Å²) in [5.74, 6) is -8.01. The average Bonchev–Trinajstić information content (AvgIpc) is 1.54. The van der Waals surface area contributed by atoms with Gasteiger partial charge in [-0.25, -0.2) is 30.0 Å². The Morgan fingerprint density at radius 1 is 0.208 bits per heavy atom. The predicted octanol–water partition coefficient (Wildman–Crippen LogP) is 20.6. The molecule has 6 bridgehead atoms. The van der Waals surface area contributed by atoms with Crippen LogP contribution in [0.1, 0.15) is 66.8 Å². The minimum absolute atomic E-state index is 0. The molecular formula is C72H34AlF24N8O. The van der Waals surface area contributed by atoms with Crippen molar-refractivity contribution in [2.45, 2.75) is 49.4 Å². The molecule has 10 aromatic rings. The average molecular weight is 1510 g/mol. The second kappa shape index (κ2) is 25.6. The molecule has 0 aliphatic carbocycles. The number of rotatable bonds is 8. The standard InChI is InChI=1S/C72H32F24N8.Al.H2O/c73-65(74,75)41-25-9-1-17-33(41)49-50(34-18-2-10-26-42(34)66(76,77)78)58-97-57(49)101-59-51(35-19-3-11-27-43(35)67(79,80)81)52(36-20-4-12-28-44(36)68(82,83)84)61(98-59)103-63-55(39-23-7-15-31-47(39)71(91,92)93)56(40-24-8-16-32-48(40)72(94,95)96)64(100-63)104-62-54(38-22-6-14-30-46(38)70(88,89)90)53(60(99-62)102-58)37-21-5-13-29-45(37)69(85,86)87;;/h1-32H;;1H2/q-2;+2;. The molecule has 4 aliphatic heterocycles. The molecule has 2 N–H and O–H groups in total. The van der Waals surface area contributed by atoms with Gasteiger partial charge in [-0.05, 0) is 93.0 Å². The number of hydrogen-bond donors (Lipinski definition) is 0. The highest BCUT2D eigenvalue weighted by Gasteiger charge is 2.48. The lowest BCUT2D eigenvalue weighted by molar-refractivity contribution is -0.138. The first-order chi connectivity index (χ1) is 49.2. The Labute approximate surface area is 584 Å². The van der Waals surface area contributed by atoms with E-state index in [9.17, 15) is 0 Å². The Morgan fingerprint density at radius 2 is 0.387 bits per heavy atom. The summed E-state index contributed by atoms with van der Waals surface area (Å²) in [6.45, 7) is 0.